The van der Waals surface area contributed by atoms with Crippen LogP contribution in [-0.4, -0.2) is 51.7 Å². The monoisotopic (exact) mass is 520 g/mol. The Labute approximate surface area is 189 Å². The third-order valence-electron chi connectivity index (χ3n) is 4.68. The summed E-state index contributed by atoms with van der Waals surface area (Å²) in [6.45, 7) is -0.505. The number of halogens is 4. The molecule has 6 N–H and O–H groups in total. The summed E-state index contributed by atoms with van der Waals surface area (Å²) in [6, 6.07) is 7.70. The summed E-state index contributed by atoms with van der Waals surface area (Å²) in [4.78, 5) is 0.776. The third-order valence-corrected chi connectivity index (χ3v) is 6.32. The van der Waals surface area contributed by atoms with Crippen LogP contribution in [0.5, 0.6) is 0 Å². The van der Waals surface area contributed by atoms with Crippen LogP contribution in [0, 0.1) is 17.5 Å². The highest BCUT2D eigenvalue weighted by molar-refractivity contribution is 9.10. The van der Waals surface area contributed by atoms with Gasteiger partial charge in [0.25, 0.3) is 0 Å². The second-order valence-electron chi connectivity index (χ2n) is 6.83. The molecule has 0 spiro atoms. The summed E-state index contributed by atoms with van der Waals surface area (Å²) in [5.41, 5.74) is 4.70. The van der Waals surface area contributed by atoms with Gasteiger partial charge in [-0.25, -0.2) is 13.2 Å². The van der Waals surface area contributed by atoms with Crippen LogP contribution < -0.4 is 11.1 Å². The first-order valence-corrected chi connectivity index (χ1v) is 10.8. The fourth-order valence-corrected chi connectivity index (χ4v) is 4.73. The van der Waals surface area contributed by atoms with E-state index in [1.54, 1.807) is 6.07 Å². The Balaban J connectivity index is 1.80. The van der Waals surface area contributed by atoms with E-state index < -0.39 is 53.8 Å². The maximum absolute atomic E-state index is 13.5. The Morgan fingerprint density at radius 2 is 1.84 bits per heavy atom. The molecule has 0 aromatic heterocycles. The molecule has 1 aliphatic heterocycles. The predicted molar refractivity (Wildman–Crippen MR) is 113 cm³/mol. The van der Waals surface area contributed by atoms with Crippen LogP contribution in [0.1, 0.15) is 5.56 Å². The summed E-state index contributed by atoms with van der Waals surface area (Å²) in [5.74, 6) is -4.41. The lowest BCUT2D eigenvalue weighted by molar-refractivity contribution is -0.164. The van der Waals surface area contributed by atoms with Crippen molar-refractivity contribution in [2.24, 2.45) is 5.73 Å². The zero-order valence-corrected chi connectivity index (χ0v) is 18.3. The normalized spacial score (nSPS) is 26.7. The second-order valence-corrected chi connectivity index (χ2v) is 8.92. The van der Waals surface area contributed by atoms with E-state index in [9.17, 15) is 28.5 Å². The number of nitrogens with one attached hydrogen (secondary N) is 1. The topological polar surface area (TPSA) is 108 Å². The minimum Gasteiger partial charge on any atom is -0.397 e. The molecule has 5 unspecified atom stereocenters. The molecule has 0 amide bonds. The van der Waals surface area contributed by atoms with Crippen LogP contribution in [0.2, 0.25) is 0 Å². The van der Waals surface area contributed by atoms with Gasteiger partial charge in [-0.15, -0.1) is 0 Å². The molecule has 168 valence electrons. The van der Waals surface area contributed by atoms with Gasteiger partial charge in [0.15, 0.2) is 17.5 Å². The number of aliphatic hydroxyl groups excluding tert-OH is 3. The molecule has 2 aromatic carbocycles. The molecule has 3 rings (SSSR count). The van der Waals surface area contributed by atoms with Crippen molar-refractivity contribution >= 4 is 33.4 Å². The van der Waals surface area contributed by atoms with E-state index in [2.05, 4.69) is 21.2 Å². The zero-order valence-electron chi connectivity index (χ0n) is 15.9. The zero-order chi connectivity index (χ0) is 22.7. The largest absolute Gasteiger partial charge is 0.397 e. The van der Waals surface area contributed by atoms with Crippen LogP contribution in [0.25, 0.3) is 5.70 Å². The number of nitrogens with two attached hydrogens (primary N) is 1. The number of hydrogen-bond donors (Lipinski definition) is 5. The van der Waals surface area contributed by atoms with Crippen molar-refractivity contribution in [3.8, 4) is 0 Å². The molecular weight excluding hydrogens is 501 g/mol. The average molecular weight is 521 g/mol. The number of hydrogen-bond acceptors (Lipinski definition) is 7. The maximum atomic E-state index is 13.5. The highest BCUT2D eigenvalue weighted by Crippen LogP contribution is 2.34. The Morgan fingerprint density at radius 3 is 2.45 bits per heavy atom. The number of rotatable bonds is 6. The Bertz CT molecular complexity index is 945. The summed E-state index contributed by atoms with van der Waals surface area (Å²) >= 11 is 4.55. The maximum Gasteiger partial charge on any atom is 0.194 e. The summed E-state index contributed by atoms with van der Waals surface area (Å²) in [7, 11) is 0. The Morgan fingerprint density at radius 1 is 1.16 bits per heavy atom. The first kappa shape index (κ1) is 23.9. The van der Waals surface area contributed by atoms with Crippen molar-refractivity contribution in [3.63, 3.8) is 0 Å². The molecule has 0 saturated carbocycles. The molecule has 0 aliphatic carbocycles. The van der Waals surface area contributed by atoms with Crippen LogP contribution >= 0.6 is 27.7 Å². The first-order valence-electron chi connectivity index (χ1n) is 9.12. The van der Waals surface area contributed by atoms with Gasteiger partial charge in [0, 0.05) is 21.1 Å². The molecule has 2 aromatic rings. The van der Waals surface area contributed by atoms with E-state index in [1.165, 1.54) is 11.8 Å². The van der Waals surface area contributed by atoms with Gasteiger partial charge >= 0.3 is 0 Å². The van der Waals surface area contributed by atoms with E-state index in [1.807, 2.05) is 18.2 Å². The van der Waals surface area contributed by atoms with Crippen molar-refractivity contribution in [2.45, 2.75) is 34.7 Å². The van der Waals surface area contributed by atoms with Gasteiger partial charge in [0.1, 0.15) is 23.7 Å². The van der Waals surface area contributed by atoms with Gasteiger partial charge in [-0.3, -0.25) is 0 Å². The van der Waals surface area contributed by atoms with Crippen molar-refractivity contribution in [3.05, 3.63) is 70.1 Å². The van der Waals surface area contributed by atoms with Crippen molar-refractivity contribution in [1.29, 1.82) is 0 Å². The predicted octanol–water partition coefficient (Wildman–Crippen LogP) is 2.31. The number of ether oxygens (including phenoxy) is 1. The molecule has 1 saturated heterocycles. The SMILES string of the molecule is N/C(=C\NC1C(O)C(CO)OC(Sc2cccc(Br)c2)C1O)c1cc(F)c(F)c(F)c1. The summed E-state index contributed by atoms with van der Waals surface area (Å²) in [5, 5.41) is 33.5. The van der Waals surface area contributed by atoms with Crippen molar-refractivity contribution < 1.29 is 33.2 Å². The number of benzene rings is 2. The fraction of sp³-hybridized carbons (Fsp3) is 0.300. The third kappa shape index (κ3) is 5.54. The first-order chi connectivity index (χ1) is 14.7. The Kier molecular flexibility index (Phi) is 7.89. The smallest absolute Gasteiger partial charge is 0.194 e. The highest BCUT2D eigenvalue weighted by atomic mass is 79.9. The van der Waals surface area contributed by atoms with Gasteiger partial charge in [0.2, 0.25) is 0 Å². The van der Waals surface area contributed by atoms with Crippen molar-refractivity contribution in [2.75, 3.05) is 6.61 Å². The second kappa shape index (κ2) is 10.2. The average Bonchev–Trinajstić information content (AvgIpc) is 2.73. The molecule has 5 atom stereocenters. The van der Waals surface area contributed by atoms with Crippen molar-refractivity contribution in [1.82, 2.24) is 5.32 Å². The van der Waals surface area contributed by atoms with E-state index in [4.69, 9.17) is 10.5 Å². The van der Waals surface area contributed by atoms with E-state index in [0.717, 1.165) is 27.7 Å². The number of thioether (sulfide) groups is 1. The quantitative estimate of drug-likeness (QED) is 0.372. The molecular formula is C20H20BrF3N2O4S. The molecule has 6 nitrogen and oxygen atoms in total. The van der Waals surface area contributed by atoms with Gasteiger partial charge in [-0.1, -0.05) is 33.8 Å². The molecule has 1 fully saturated rings. The molecule has 11 heteroatoms. The fourth-order valence-electron chi connectivity index (χ4n) is 3.05. The molecule has 31 heavy (non-hydrogen) atoms. The van der Waals surface area contributed by atoms with E-state index in [-0.39, 0.29) is 11.3 Å². The van der Waals surface area contributed by atoms with Gasteiger partial charge < -0.3 is 31.1 Å². The molecule has 1 aliphatic rings. The summed E-state index contributed by atoms with van der Waals surface area (Å²) < 4.78 is 46.5. The van der Waals surface area contributed by atoms with Gasteiger partial charge in [-0.05, 0) is 30.3 Å². The standard InChI is InChI=1S/C20H20BrF3N2O4S/c21-10-2-1-3-11(6-10)31-20-19(29)17(18(28)15(8-27)30-20)26-7-14(25)9-4-12(22)16(24)13(23)5-9/h1-7,15,17-20,26-29H,8,25H2/b14-7-. The van der Waals surface area contributed by atoms with Crippen LogP contribution in [0.4, 0.5) is 13.2 Å². The minimum atomic E-state index is -1.61. The van der Waals surface area contributed by atoms with Gasteiger partial charge in [-0.2, -0.15) is 0 Å². The lowest BCUT2D eigenvalue weighted by Gasteiger charge is -2.42. The number of aliphatic hydroxyl groups is 3. The van der Waals surface area contributed by atoms with Crippen LogP contribution in [-0.2, 0) is 4.74 Å². The molecule has 0 bridgehead atoms. The Hall–Kier alpha value is -1.76. The van der Waals surface area contributed by atoms with E-state index >= 15 is 0 Å². The molecule has 0 radical (unpaired) electrons. The summed E-state index contributed by atoms with van der Waals surface area (Å²) in [6.07, 6.45) is -2.41. The van der Waals surface area contributed by atoms with Crippen LogP contribution in [0.15, 0.2) is 52.0 Å². The minimum absolute atomic E-state index is 0.126. The lowest BCUT2D eigenvalue weighted by Crippen LogP contribution is -2.62. The van der Waals surface area contributed by atoms with E-state index in [0.29, 0.717) is 0 Å². The van der Waals surface area contributed by atoms with Crippen LogP contribution in [0.3, 0.4) is 0 Å². The van der Waals surface area contributed by atoms with Gasteiger partial charge in [0.05, 0.1) is 18.3 Å². The lowest BCUT2D eigenvalue weighted by atomic mass is 9.97. The molecule has 1 heterocycles. The highest BCUT2D eigenvalue weighted by Gasteiger charge is 2.44.